The second kappa shape index (κ2) is 8.24. The van der Waals surface area contributed by atoms with Gasteiger partial charge < -0.3 is 24.1 Å². The predicted octanol–water partition coefficient (Wildman–Crippen LogP) is 3.27. The van der Waals surface area contributed by atoms with Gasteiger partial charge in [0.1, 0.15) is 5.75 Å². The van der Waals surface area contributed by atoms with Gasteiger partial charge in [0.25, 0.3) is 0 Å². The summed E-state index contributed by atoms with van der Waals surface area (Å²) in [6, 6.07) is 9.65. The maximum atomic E-state index is 12.8. The summed E-state index contributed by atoms with van der Waals surface area (Å²) < 4.78 is 16.0. The van der Waals surface area contributed by atoms with Crippen molar-refractivity contribution >= 4 is 28.7 Å². The number of aromatic nitrogens is 2. The van der Waals surface area contributed by atoms with Crippen LogP contribution in [0.1, 0.15) is 11.1 Å². The number of methoxy groups -OCH3 is 3. The number of H-pyrrole nitrogens is 1. The lowest BCUT2D eigenvalue weighted by molar-refractivity contribution is -0.129. The minimum Gasteiger partial charge on any atom is -0.497 e. The third-order valence-electron chi connectivity index (χ3n) is 5.07. The third-order valence-corrected chi connectivity index (χ3v) is 5.93. The average Bonchev–Trinajstić information content (AvgIpc) is 3.17. The number of nitrogens with zero attached hydrogens (tertiary/aromatic N) is 2. The molecule has 1 aliphatic heterocycles. The molecule has 0 fully saturated rings. The first kappa shape index (κ1) is 19.4. The van der Waals surface area contributed by atoms with Crippen LogP contribution in [-0.2, 0) is 17.8 Å². The van der Waals surface area contributed by atoms with E-state index in [0.717, 1.165) is 39.7 Å². The van der Waals surface area contributed by atoms with Gasteiger partial charge in [-0.3, -0.25) is 4.79 Å². The van der Waals surface area contributed by atoms with Crippen molar-refractivity contribution in [2.45, 2.75) is 18.1 Å². The van der Waals surface area contributed by atoms with Crippen LogP contribution in [0.4, 0.5) is 0 Å². The summed E-state index contributed by atoms with van der Waals surface area (Å²) in [5, 5.41) is 0.727. The molecule has 2 aromatic carbocycles. The maximum absolute atomic E-state index is 12.8. The van der Waals surface area contributed by atoms with E-state index in [0.29, 0.717) is 24.6 Å². The van der Waals surface area contributed by atoms with E-state index in [-0.39, 0.29) is 5.91 Å². The van der Waals surface area contributed by atoms with E-state index < -0.39 is 0 Å². The van der Waals surface area contributed by atoms with Crippen molar-refractivity contribution in [1.82, 2.24) is 14.9 Å². The van der Waals surface area contributed by atoms with E-state index in [1.165, 1.54) is 17.3 Å². The van der Waals surface area contributed by atoms with Crippen molar-refractivity contribution in [3.8, 4) is 17.2 Å². The fraction of sp³-hybridized carbons (Fsp3) is 0.333. The van der Waals surface area contributed by atoms with Crippen LogP contribution >= 0.6 is 11.8 Å². The average molecular weight is 413 g/mol. The first-order chi connectivity index (χ1) is 14.1. The number of imidazole rings is 1. The molecule has 0 atom stereocenters. The molecule has 3 aromatic rings. The third kappa shape index (κ3) is 3.98. The SMILES string of the molecule is COc1ccc2nc(SCC(=O)N3CCc4cc(OC)c(OC)cc4C3)[nH]c2c1. The fourth-order valence-electron chi connectivity index (χ4n) is 3.48. The van der Waals surface area contributed by atoms with Gasteiger partial charge in [0.05, 0.1) is 38.1 Å². The van der Waals surface area contributed by atoms with Crippen LogP contribution in [-0.4, -0.2) is 54.4 Å². The lowest BCUT2D eigenvalue weighted by Gasteiger charge is -2.29. The Morgan fingerprint density at radius 1 is 1.10 bits per heavy atom. The van der Waals surface area contributed by atoms with Crippen molar-refractivity contribution in [2.24, 2.45) is 0 Å². The Labute approximate surface area is 173 Å². The Balaban J connectivity index is 1.42. The minimum atomic E-state index is 0.0912. The van der Waals surface area contributed by atoms with E-state index in [1.54, 1.807) is 21.3 Å². The highest BCUT2D eigenvalue weighted by molar-refractivity contribution is 7.99. The second-order valence-corrected chi connectivity index (χ2v) is 7.72. The van der Waals surface area contributed by atoms with Gasteiger partial charge in [-0.15, -0.1) is 0 Å². The largest absolute Gasteiger partial charge is 0.497 e. The summed E-state index contributed by atoms with van der Waals surface area (Å²) in [4.78, 5) is 22.4. The summed E-state index contributed by atoms with van der Waals surface area (Å²) in [6.45, 7) is 1.27. The summed E-state index contributed by atoms with van der Waals surface area (Å²) in [5.41, 5.74) is 4.05. The predicted molar refractivity (Wildman–Crippen MR) is 112 cm³/mol. The molecule has 0 unspecified atom stereocenters. The zero-order valence-corrected chi connectivity index (χ0v) is 17.5. The molecule has 1 aliphatic rings. The smallest absolute Gasteiger partial charge is 0.233 e. The molecule has 1 aromatic heterocycles. The lowest BCUT2D eigenvalue weighted by Crippen LogP contribution is -2.37. The summed E-state index contributed by atoms with van der Waals surface area (Å²) in [7, 11) is 4.89. The van der Waals surface area contributed by atoms with E-state index in [1.807, 2.05) is 35.2 Å². The number of rotatable bonds is 6. The Bertz CT molecular complexity index is 1050. The van der Waals surface area contributed by atoms with Crippen molar-refractivity contribution in [2.75, 3.05) is 33.6 Å². The van der Waals surface area contributed by atoms with Gasteiger partial charge in [-0.25, -0.2) is 4.98 Å². The van der Waals surface area contributed by atoms with E-state index in [2.05, 4.69) is 9.97 Å². The zero-order chi connectivity index (χ0) is 20.4. The number of benzene rings is 2. The highest BCUT2D eigenvalue weighted by Gasteiger charge is 2.23. The second-order valence-electron chi connectivity index (χ2n) is 6.75. The van der Waals surface area contributed by atoms with Crippen molar-refractivity contribution < 1.29 is 19.0 Å². The fourth-order valence-corrected chi connectivity index (χ4v) is 4.27. The molecule has 152 valence electrons. The van der Waals surface area contributed by atoms with Gasteiger partial charge in [-0.05, 0) is 41.8 Å². The van der Waals surface area contributed by atoms with Crippen LogP contribution in [0.15, 0.2) is 35.5 Å². The summed E-state index contributed by atoms with van der Waals surface area (Å²) in [6.07, 6.45) is 0.802. The van der Waals surface area contributed by atoms with Gasteiger partial charge in [-0.1, -0.05) is 11.8 Å². The minimum absolute atomic E-state index is 0.0912. The molecular weight excluding hydrogens is 390 g/mol. The number of fused-ring (bicyclic) bond motifs is 2. The zero-order valence-electron chi connectivity index (χ0n) is 16.7. The molecule has 0 saturated heterocycles. The Morgan fingerprint density at radius 3 is 2.59 bits per heavy atom. The van der Waals surface area contributed by atoms with E-state index in [4.69, 9.17) is 14.2 Å². The number of nitrogens with one attached hydrogen (secondary N) is 1. The van der Waals surface area contributed by atoms with Gasteiger partial charge in [-0.2, -0.15) is 0 Å². The van der Waals surface area contributed by atoms with Crippen LogP contribution in [0.5, 0.6) is 17.2 Å². The Kier molecular flexibility index (Phi) is 5.53. The van der Waals surface area contributed by atoms with Crippen molar-refractivity contribution in [3.05, 3.63) is 41.5 Å². The molecule has 4 rings (SSSR count). The molecule has 0 radical (unpaired) electrons. The first-order valence-electron chi connectivity index (χ1n) is 9.29. The molecule has 0 spiro atoms. The standard InChI is InChI=1S/C21H23N3O4S/c1-26-15-4-5-16-17(10-15)23-21(22-16)29-12-20(25)24-7-6-13-8-18(27-2)19(28-3)9-14(13)11-24/h4-5,8-10H,6-7,11-12H2,1-3H3,(H,22,23). The highest BCUT2D eigenvalue weighted by atomic mass is 32.2. The number of carbonyl (C=O) groups excluding carboxylic acids is 1. The molecule has 0 bridgehead atoms. The normalized spacial score (nSPS) is 13.3. The first-order valence-corrected chi connectivity index (χ1v) is 10.3. The van der Waals surface area contributed by atoms with Gasteiger partial charge in [0.15, 0.2) is 16.7 Å². The van der Waals surface area contributed by atoms with Crippen LogP contribution in [0.2, 0.25) is 0 Å². The van der Waals surface area contributed by atoms with Crippen LogP contribution in [0.25, 0.3) is 11.0 Å². The summed E-state index contributed by atoms with van der Waals surface area (Å²) in [5.74, 6) is 2.61. The van der Waals surface area contributed by atoms with Crippen molar-refractivity contribution in [1.29, 1.82) is 0 Å². The maximum Gasteiger partial charge on any atom is 0.233 e. The monoisotopic (exact) mass is 413 g/mol. The molecule has 8 heteroatoms. The number of hydrogen-bond acceptors (Lipinski definition) is 6. The highest BCUT2D eigenvalue weighted by Crippen LogP contribution is 2.33. The molecule has 0 saturated carbocycles. The molecule has 0 aliphatic carbocycles. The van der Waals surface area contributed by atoms with Crippen LogP contribution in [0.3, 0.4) is 0 Å². The number of thioether (sulfide) groups is 1. The summed E-state index contributed by atoms with van der Waals surface area (Å²) >= 11 is 1.41. The van der Waals surface area contributed by atoms with Crippen LogP contribution in [0, 0.1) is 0 Å². The molecule has 2 heterocycles. The molecule has 1 N–H and O–H groups in total. The number of hydrogen-bond donors (Lipinski definition) is 1. The van der Waals surface area contributed by atoms with E-state index >= 15 is 0 Å². The Hall–Kier alpha value is -2.87. The molecule has 1 amide bonds. The lowest BCUT2D eigenvalue weighted by atomic mass is 9.99. The number of carbonyl (C=O) groups is 1. The number of amides is 1. The van der Waals surface area contributed by atoms with Gasteiger partial charge in [0.2, 0.25) is 5.91 Å². The van der Waals surface area contributed by atoms with Crippen molar-refractivity contribution in [3.63, 3.8) is 0 Å². The molecule has 7 nitrogen and oxygen atoms in total. The van der Waals surface area contributed by atoms with E-state index in [9.17, 15) is 4.79 Å². The quantitative estimate of drug-likeness (QED) is 0.625. The van der Waals surface area contributed by atoms with Gasteiger partial charge >= 0.3 is 0 Å². The molecule has 29 heavy (non-hydrogen) atoms. The Morgan fingerprint density at radius 2 is 1.86 bits per heavy atom. The number of aromatic amines is 1. The topological polar surface area (TPSA) is 76.7 Å². The van der Waals surface area contributed by atoms with Crippen LogP contribution < -0.4 is 14.2 Å². The van der Waals surface area contributed by atoms with Gasteiger partial charge in [0, 0.05) is 19.2 Å². The molecular formula is C21H23N3O4S. The number of ether oxygens (including phenoxy) is 3.